The van der Waals surface area contributed by atoms with Crippen molar-refractivity contribution < 1.29 is 23.9 Å². The third-order valence-electron chi connectivity index (χ3n) is 4.73. The van der Waals surface area contributed by atoms with Crippen LogP contribution in [0.4, 0.5) is 0 Å². The van der Waals surface area contributed by atoms with Crippen molar-refractivity contribution in [3.8, 4) is 0 Å². The molecule has 1 fully saturated rings. The Balaban J connectivity index is 2.05. The summed E-state index contributed by atoms with van der Waals surface area (Å²) in [6.07, 6.45) is 6.08. The Hall–Kier alpha value is -2.17. The first kappa shape index (κ1) is 14.8. The monoisotopic (exact) mass is 303 g/mol. The molecule has 0 radical (unpaired) electrons. The quantitative estimate of drug-likeness (QED) is 0.443. The fourth-order valence-electron chi connectivity index (χ4n) is 3.56. The maximum absolute atomic E-state index is 12.1. The van der Waals surface area contributed by atoms with Gasteiger partial charge in [-0.2, -0.15) is 0 Å². The predicted octanol–water partition coefficient (Wildman–Crippen LogP) is 1.86. The Labute approximate surface area is 128 Å². The van der Waals surface area contributed by atoms with Gasteiger partial charge in [0.1, 0.15) is 24.1 Å². The average molecular weight is 303 g/mol. The van der Waals surface area contributed by atoms with E-state index in [1.165, 1.54) is 6.92 Å². The summed E-state index contributed by atoms with van der Waals surface area (Å²) in [5.74, 6) is -1.25. The van der Waals surface area contributed by atoms with E-state index in [9.17, 15) is 14.4 Å². The second-order valence-electron chi connectivity index (χ2n) is 6.11. The zero-order valence-corrected chi connectivity index (χ0v) is 12.9. The number of esters is 1. The lowest BCUT2D eigenvalue weighted by atomic mass is 9.68. The number of Topliss-reactive ketones (excluding diaryl/α,β-unsaturated/α-hetero) is 1. The van der Waals surface area contributed by atoms with E-state index in [1.54, 1.807) is 6.92 Å². The third kappa shape index (κ3) is 1.95. The third-order valence-corrected chi connectivity index (χ3v) is 4.73. The average Bonchev–Trinajstić information content (AvgIpc) is 2.71. The van der Waals surface area contributed by atoms with Crippen LogP contribution in [-0.4, -0.2) is 34.5 Å². The molecule has 0 saturated carbocycles. The number of carbonyl (C=O) groups excluding carboxylic acids is 3. The van der Waals surface area contributed by atoms with Crippen LogP contribution in [0.1, 0.15) is 27.2 Å². The summed E-state index contributed by atoms with van der Waals surface area (Å²) in [6.45, 7) is 5.19. The van der Waals surface area contributed by atoms with Gasteiger partial charge in [0.2, 0.25) is 5.60 Å². The Bertz CT molecular complexity index is 667. The number of hydrogen-bond donors (Lipinski definition) is 0. The second-order valence-corrected chi connectivity index (χ2v) is 6.11. The van der Waals surface area contributed by atoms with Crippen molar-refractivity contribution in [2.75, 3.05) is 6.61 Å². The Morgan fingerprint density at radius 2 is 2.23 bits per heavy atom. The molecule has 3 unspecified atom stereocenters. The van der Waals surface area contributed by atoms with Gasteiger partial charge in [-0.3, -0.25) is 14.4 Å². The molecule has 0 spiro atoms. The molecular weight excluding hydrogens is 284 g/mol. The van der Waals surface area contributed by atoms with Crippen LogP contribution in [0.15, 0.2) is 35.1 Å². The van der Waals surface area contributed by atoms with Crippen molar-refractivity contribution in [3.05, 3.63) is 35.1 Å². The lowest BCUT2D eigenvalue weighted by Crippen LogP contribution is -2.48. The minimum atomic E-state index is -1.14. The Kier molecular flexibility index (Phi) is 3.31. The lowest BCUT2D eigenvalue weighted by molar-refractivity contribution is -0.148. The standard InChI is InChI=1S/C17H18O5/c1-4-5-11-6-10-7-13-14(9(2)18)16(20)22-17(13,3)15(19)12(10)8-21-11/h4-6,13-14H,7-8H2,1-3H3/p+1/b5-4+. The summed E-state index contributed by atoms with van der Waals surface area (Å²) in [7, 11) is 0. The fraction of sp³-hybridized carbons (Fsp3) is 0.471. The van der Waals surface area contributed by atoms with Crippen LogP contribution in [0.2, 0.25) is 0 Å². The van der Waals surface area contributed by atoms with Crippen LogP contribution >= 0.6 is 0 Å². The van der Waals surface area contributed by atoms with Gasteiger partial charge in [0.15, 0.2) is 0 Å². The number of ketones is 2. The van der Waals surface area contributed by atoms with Crippen molar-refractivity contribution in [1.82, 2.24) is 0 Å². The van der Waals surface area contributed by atoms with Crippen molar-refractivity contribution in [1.29, 1.82) is 0 Å². The van der Waals surface area contributed by atoms with Gasteiger partial charge in [-0.15, -0.1) is 0 Å². The van der Waals surface area contributed by atoms with Crippen LogP contribution in [0.3, 0.4) is 0 Å². The fourth-order valence-corrected chi connectivity index (χ4v) is 3.56. The van der Waals surface area contributed by atoms with Gasteiger partial charge in [0.25, 0.3) is 0 Å². The number of carbonyl (C=O) groups is 2. The van der Waals surface area contributed by atoms with Gasteiger partial charge in [-0.1, -0.05) is 6.08 Å². The predicted molar refractivity (Wildman–Crippen MR) is 79.6 cm³/mol. The molecule has 1 saturated heterocycles. The van der Waals surface area contributed by atoms with Crippen LogP contribution < -0.4 is 0 Å². The maximum Gasteiger partial charge on any atom is 0.366 e. The minimum absolute atomic E-state index is 0.00614. The van der Waals surface area contributed by atoms with Crippen molar-refractivity contribution >= 4 is 17.5 Å². The molecule has 1 N–H and O–H groups in total. The molecule has 0 aromatic carbocycles. The first-order valence-corrected chi connectivity index (χ1v) is 7.37. The molecule has 0 aromatic heterocycles. The van der Waals surface area contributed by atoms with Crippen LogP contribution in [0.5, 0.6) is 0 Å². The van der Waals surface area contributed by atoms with E-state index < -0.39 is 17.5 Å². The Morgan fingerprint density at radius 3 is 2.86 bits per heavy atom. The Morgan fingerprint density at radius 1 is 1.50 bits per heavy atom. The van der Waals surface area contributed by atoms with Gasteiger partial charge in [0, 0.05) is 5.92 Å². The maximum atomic E-state index is 12.1. The van der Waals surface area contributed by atoms with E-state index >= 15 is 0 Å². The minimum Gasteiger partial charge on any atom is -0.489 e. The first-order chi connectivity index (χ1) is 10.4. The van der Waals surface area contributed by atoms with E-state index in [1.807, 2.05) is 25.2 Å². The topological polar surface area (TPSA) is 74.0 Å². The zero-order chi connectivity index (χ0) is 16.1. The summed E-state index contributed by atoms with van der Waals surface area (Å²) in [5, 5.41) is 0. The summed E-state index contributed by atoms with van der Waals surface area (Å²) in [6, 6.07) is 0. The number of allylic oxidation sites excluding steroid dienone is 4. The van der Waals surface area contributed by atoms with Crippen LogP contribution in [-0.2, 0) is 19.1 Å². The number of ether oxygens (including phenoxy) is 2. The summed E-state index contributed by atoms with van der Waals surface area (Å²) in [4.78, 5) is 34.5. The molecule has 0 aromatic rings. The summed E-state index contributed by atoms with van der Waals surface area (Å²) in [5.41, 5.74) is 0.426. The molecule has 2 heterocycles. The second kappa shape index (κ2) is 4.93. The number of hydrogen-bond acceptors (Lipinski definition) is 4. The largest absolute Gasteiger partial charge is 0.489 e. The molecule has 0 amide bonds. The highest BCUT2D eigenvalue weighted by Gasteiger charge is 2.64. The summed E-state index contributed by atoms with van der Waals surface area (Å²) >= 11 is 0. The van der Waals surface area contributed by atoms with Gasteiger partial charge >= 0.3 is 11.8 Å². The molecule has 1 aliphatic carbocycles. The van der Waals surface area contributed by atoms with E-state index in [2.05, 4.69) is 0 Å². The van der Waals surface area contributed by atoms with Crippen molar-refractivity contribution in [2.45, 2.75) is 32.8 Å². The molecule has 22 heavy (non-hydrogen) atoms. The summed E-state index contributed by atoms with van der Waals surface area (Å²) < 4.78 is 11.0. The first-order valence-electron chi connectivity index (χ1n) is 7.37. The molecule has 3 atom stereocenters. The van der Waals surface area contributed by atoms with E-state index in [4.69, 9.17) is 9.47 Å². The molecule has 3 rings (SSSR count). The number of rotatable bonds is 2. The van der Waals surface area contributed by atoms with Gasteiger partial charge in [-0.25, -0.2) is 0 Å². The van der Waals surface area contributed by atoms with Gasteiger partial charge in [-0.05, 0) is 44.9 Å². The van der Waals surface area contributed by atoms with E-state index in [0.29, 0.717) is 17.8 Å². The highest BCUT2D eigenvalue weighted by molar-refractivity contribution is 6.11. The van der Waals surface area contributed by atoms with Crippen molar-refractivity contribution in [3.63, 3.8) is 0 Å². The van der Waals surface area contributed by atoms with E-state index in [0.717, 1.165) is 5.57 Å². The molecule has 0 bridgehead atoms. The highest BCUT2D eigenvalue weighted by Crippen LogP contribution is 2.48. The highest BCUT2D eigenvalue weighted by atomic mass is 16.6. The lowest BCUT2D eigenvalue weighted by Gasteiger charge is -2.33. The van der Waals surface area contributed by atoms with Gasteiger partial charge < -0.3 is 9.47 Å². The molecule has 116 valence electrons. The molecule has 5 heteroatoms. The molecule has 3 aliphatic rings. The van der Waals surface area contributed by atoms with Gasteiger partial charge in [0.05, 0.1) is 5.57 Å². The molecular formula is C17H19O5+. The van der Waals surface area contributed by atoms with E-state index in [-0.39, 0.29) is 24.1 Å². The van der Waals surface area contributed by atoms with Crippen LogP contribution in [0.25, 0.3) is 0 Å². The molecule has 2 aliphatic heterocycles. The number of fused-ring (bicyclic) bond motifs is 1. The zero-order valence-electron chi connectivity index (χ0n) is 12.9. The van der Waals surface area contributed by atoms with Crippen LogP contribution in [0, 0.1) is 11.8 Å². The SMILES string of the molecule is C/C=C/C1=CC2=C(CO1)C(=[OH+])C1(C)OC(=O)C(C(C)=O)C1C2. The molecule has 5 nitrogen and oxygen atoms in total. The smallest absolute Gasteiger partial charge is 0.366 e. The van der Waals surface area contributed by atoms with Crippen molar-refractivity contribution in [2.24, 2.45) is 11.8 Å². The normalized spacial score (nSPS) is 34.0.